The summed E-state index contributed by atoms with van der Waals surface area (Å²) in [5, 5.41) is 3.91. The smallest absolute Gasteiger partial charge is 0.338 e. The maximum Gasteiger partial charge on any atom is 0.338 e. The molecular formula is C23H19BrCl2N2O3S. The number of benzene rings is 2. The van der Waals surface area contributed by atoms with Crippen molar-refractivity contribution in [1.29, 1.82) is 0 Å². The van der Waals surface area contributed by atoms with Crippen molar-refractivity contribution in [3.63, 3.8) is 0 Å². The van der Waals surface area contributed by atoms with Crippen molar-refractivity contribution < 1.29 is 14.3 Å². The van der Waals surface area contributed by atoms with E-state index in [4.69, 9.17) is 32.7 Å². The lowest BCUT2D eigenvalue weighted by Crippen LogP contribution is -2.34. The van der Waals surface area contributed by atoms with Gasteiger partial charge in [0.2, 0.25) is 0 Å². The fraction of sp³-hybridized carbons (Fsp3) is 0.217. The van der Waals surface area contributed by atoms with Gasteiger partial charge in [-0.15, -0.1) is 0 Å². The molecule has 0 amide bonds. The molecule has 4 rings (SSSR count). The Morgan fingerprint density at radius 2 is 2.06 bits per heavy atom. The van der Waals surface area contributed by atoms with E-state index in [1.807, 2.05) is 47.7 Å². The summed E-state index contributed by atoms with van der Waals surface area (Å²) in [5.74, 6) is 0.297. The number of nitrogens with zero attached hydrogens (tertiary/aromatic N) is 2. The van der Waals surface area contributed by atoms with Crippen molar-refractivity contribution in [3.8, 4) is 5.75 Å². The summed E-state index contributed by atoms with van der Waals surface area (Å²) in [6.45, 7) is 4.23. The Hall–Kier alpha value is -1.93. The molecule has 166 valence electrons. The molecule has 0 saturated carbocycles. The molecule has 0 aliphatic carbocycles. The lowest BCUT2D eigenvalue weighted by Gasteiger charge is -2.33. The van der Waals surface area contributed by atoms with Crippen LogP contribution in [0.15, 0.2) is 68.7 Å². The minimum Gasteiger partial charge on any atom is -0.488 e. The highest BCUT2D eigenvalue weighted by Crippen LogP contribution is 2.42. The summed E-state index contributed by atoms with van der Waals surface area (Å²) >= 11 is 17.3. The number of allylic oxidation sites excluding steroid dienone is 1. The first kappa shape index (κ1) is 23.2. The van der Waals surface area contributed by atoms with Gasteiger partial charge < -0.3 is 14.4 Å². The van der Waals surface area contributed by atoms with Crippen molar-refractivity contribution in [2.45, 2.75) is 26.5 Å². The molecule has 0 saturated heterocycles. The Bertz CT molecular complexity index is 1170. The van der Waals surface area contributed by atoms with Crippen LogP contribution < -0.4 is 4.74 Å². The van der Waals surface area contributed by atoms with Gasteiger partial charge in [-0.3, -0.25) is 0 Å². The maximum absolute atomic E-state index is 12.8. The molecule has 0 bridgehead atoms. The number of rotatable bonds is 6. The van der Waals surface area contributed by atoms with Crippen LogP contribution in [0.1, 0.15) is 31.0 Å². The molecule has 0 N–H and O–H groups in total. The Morgan fingerprint density at radius 1 is 1.25 bits per heavy atom. The van der Waals surface area contributed by atoms with Crippen molar-refractivity contribution in [1.82, 2.24) is 4.90 Å². The fourth-order valence-electron chi connectivity index (χ4n) is 3.50. The minimum atomic E-state index is -0.364. The summed E-state index contributed by atoms with van der Waals surface area (Å²) in [5.41, 5.74) is 2.93. The molecule has 0 unspecified atom stereocenters. The number of aliphatic imine (C=N–C) groups is 1. The molecule has 9 heteroatoms. The second-order valence-electron chi connectivity index (χ2n) is 7.04. The third kappa shape index (κ3) is 4.71. The third-order valence-electron chi connectivity index (χ3n) is 4.99. The van der Waals surface area contributed by atoms with E-state index in [1.165, 1.54) is 11.8 Å². The lowest BCUT2D eigenvalue weighted by molar-refractivity contribution is -0.139. The van der Waals surface area contributed by atoms with Crippen molar-refractivity contribution in [3.05, 3.63) is 84.9 Å². The number of carbonyl (C=O) groups excluding carboxylic acids is 1. The van der Waals surface area contributed by atoms with Gasteiger partial charge in [0, 0.05) is 21.8 Å². The van der Waals surface area contributed by atoms with Crippen molar-refractivity contribution in [2.75, 3.05) is 6.61 Å². The summed E-state index contributed by atoms with van der Waals surface area (Å²) < 4.78 is 12.1. The second kappa shape index (κ2) is 9.91. The van der Waals surface area contributed by atoms with Crippen LogP contribution in [0.25, 0.3) is 0 Å². The zero-order valence-electron chi connectivity index (χ0n) is 17.3. The molecule has 5 nitrogen and oxygen atoms in total. The number of halogens is 3. The van der Waals surface area contributed by atoms with E-state index in [0.29, 0.717) is 40.3 Å². The fourth-order valence-corrected chi connectivity index (χ4v) is 5.26. The van der Waals surface area contributed by atoms with Gasteiger partial charge in [0.15, 0.2) is 5.17 Å². The van der Waals surface area contributed by atoms with Crippen LogP contribution >= 0.6 is 50.9 Å². The van der Waals surface area contributed by atoms with Gasteiger partial charge in [-0.05, 0) is 65.0 Å². The minimum absolute atomic E-state index is 0.298. The highest BCUT2D eigenvalue weighted by atomic mass is 79.9. The van der Waals surface area contributed by atoms with Crippen LogP contribution in [0.5, 0.6) is 5.75 Å². The molecule has 2 aliphatic rings. The molecule has 2 aromatic rings. The van der Waals surface area contributed by atoms with E-state index in [9.17, 15) is 4.79 Å². The zero-order valence-corrected chi connectivity index (χ0v) is 21.2. The molecule has 0 spiro atoms. The Morgan fingerprint density at radius 3 is 2.78 bits per heavy atom. The molecule has 2 aliphatic heterocycles. The van der Waals surface area contributed by atoms with Crippen LogP contribution in [0, 0.1) is 0 Å². The van der Waals surface area contributed by atoms with E-state index in [2.05, 4.69) is 20.9 Å². The summed E-state index contributed by atoms with van der Waals surface area (Å²) in [6, 6.07) is 10.7. The summed E-state index contributed by atoms with van der Waals surface area (Å²) in [7, 11) is 0. The van der Waals surface area contributed by atoms with Crippen LogP contribution in [0.3, 0.4) is 0 Å². The van der Waals surface area contributed by atoms with Crippen molar-refractivity contribution >= 4 is 62.0 Å². The average molecular weight is 554 g/mol. The highest BCUT2D eigenvalue weighted by Gasteiger charge is 2.37. The molecule has 0 fully saturated rings. The topological polar surface area (TPSA) is 51.1 Å². The monoisotopic (exact) mass is 552 g/mol. The number of thioether (sulfide) groups is 1. The number of amidine groups is 1. The van der Waals surface area contributed by atoms with E-state index in [-0.39, 0.29) is 12.0 Å². The number of fused-ring (bicyclic) bond motifs is 1. The van der Waals surface area contributed by atoms with Crippen LogP contribution in [-0.4, -0.2) is 22.6 Å². The Labute approximate surface area is 209 Å². The first-order chi connectivity index (χ1) is 15.4. The van der Waals surface area contributed by atoms with E-state index >= 15 is 0 Å². The predicted octanol–water partition coefficient (Wildman–Crippen LogP) is 7.10. The van der Waals surface area contributed by atoms with Crippen LogP contribution in [-0.2, 0) is 16.1 Å². The third-order valence-corrected chi connectivity index (χ3v) is 6.96. The van der Waals surface area contributed by atoms with E-state index < -0.39 is 0 Å². The molecule has 0 radical (unpaired) electrons. The lowest BCUT2D eigenvalue weighted by atomic mass is 9.95. The Balaban J connectivity index is 1.62. The van der Waals surface area contributed by atoms with Gasteiger partial charge in [0.05, 0.1) is 28.4 Å². The van der Waals surface area contributed by atoms with Crippen LogP contribution in [0.4, 0.5) is 0 Å². The maximum atomic E-state index is 12.8. The SMILES string of the molecule is CCOC(=O)C1=C(C)N=C2SC=CN2[C@@H]1c1ccc(OCc2ccc(Cl)cc2Cl)c(Br)c1. The van der Waals surface area contributed by atoms with Crippen LogP contribution in [0.2, 0.25) is 10.0 Å². The quantitative estimate of drug-likeness (QED) is 0.357. The average Bonchev–Trinajstić information content (AvgIpc) is 3.21. The van der Waals surface area contributed by atoms with Gasteiger partial charge in [-0.25, -0.2) is 9.79 Å². The standard InChI is InChI=1S/C23H19BrCl2N2O3S/c1-3-30-22(29)20-13(2)27-23-28(8-9-32-23)21(20)14-5-7-19(17(24)10-14)31-12-15-4-6-16(25)11-18(15)26/h4-11,21H,3,12H2,1-2H3/t21-/m1/s1. The van der Waals surface area contributed by atoms with Gasteiger partial charge >= 0.3 is 5.97 Å². The first-order valence-corrected chi connectivity index (χ1v) is 12.3. The van der Waals surface area contributed by atoms with E-state index in [1.54, 1.807) is 19.1 Å². The number of hydrogen-bond donors (Lipinski definition) is 0. The molecule has 2 aromatic carbocycles. The number of ether oxygens (including phenoxy) is 2. The second-order valence-corrected chi connectivity index (χ2v) is 9.61. The van der Waals surface area contributed by atoms with Crippen molar-refractivity contribution in [2.24, 2.45) is 4.99 Å². The number of carbonyl (C=O) groups is 1. The highest BCUT2D eigenvalue weighted by molar-refractivity contribution is 9.10. The first-order valence-electron chi connectivity index (χ1n) is 9.83. The van der Waals surface area contributed by atoms with Gasteiger partial charge in [-0.2, -0.15) is 0 Å². The number of hydrogen-bond acceptors (Lipinski definition) is 6. The number of esters is 1. The molecular weight excluding hydrogens is 535 g/mol. The van der Waals surface area contributed by atoms with E-state index in [0.717, 1.165) is 20.8 Å². The van der Waals surface area contributed by atoms with Gasteiger partial charge in [0.25, 0.3) is 0 Å². The molecule has 0 aromatic heterocycles. The largest absolute Gasteiger partial charge is 0.488 e. The molecule has 2 heterocycles. The zero-order chi connectivity index (χ0) is 22.8. The van der Waals surface area contributed by atoms with Gasteiger partial charge in [-0.1, -0.05) is 47.1 Å². The summed E-state index contributed by atoms with van der Waals surface area (Å²) in [4.78, 5) is 19.4. The predicted molar refractivity (Wildman–Crippen MR) is 133 cm³/mol. The van der Waals surface area contributed by atoms with Gasteiger partial charge in [0.1, 0.15) is 12.4 Å². The summed E-state index contributed by atoms with van der Waals surface area (Å²) in [6.07, 6.45) is 1.93. The Kier molecular flexibility index (Phi) is 7.20. The molecule has 1 atom stereocenters. The normalized spacial score (nSPS) is 17.3. The molecule has 32 heavy (non-hydrogen) atoms.